The van der Waals surface area contributed by atoms with Gasteiger partial charge in [-0.2, -0.15) is 0 Å². The number of carboxylic acid groups (broad SMARTS) is 1. The molecule has 96 valence electrons. The van der Waals surface area contributed by atoms with Crippen LogP contribution in [0.5, 0.6) is 0 Å². The highest BCUT2D eigenvalue weighted by Gasteiger charge is 2.30. The Hall–Kier alpha value is -1.98. The SMILES string of the molecule is O=C(O)C1CCCN(C(=O)c2ncccc2F)C1. The van der Waals surface area contributed by atoms with E-state index in [1.807, 2.05) is 0 Å². The van der Waals surface area contributed by atoms with Crippen LogP contribution in [0, 0.1) is 11.7 Å². The second-order valence-corrected chi connectivity index (χ2v) is 4.26. The van der Waals surface area contributed by atoms with Crippen LogP contribution in [0.3, 0.4) is 0 Å². The van der Waals surface area contributed by atoms with E-state index in [1.165, 1.54) is 23.2 Å². The average molecular weight is 252 g/mol. The zero-order chi connectivity index (χ0) is 13.1. The smallest absolute Gasteiger partial charge is 0.308 e. The van der Waals surface area contributed by atoms with Gasteiger partial charge in [-0.15, -0.1) is 0 Å². The number of carbonyl (C=O) groups is 2. The molecule has 0 aromatic carbocycles. The first kappa shape index (κ1) is 12.5. The predicted octanol–water partition coefficient (Wildman–Crippen LogP) is 1.16. The van der Waals surface area contributed by atoms with Crippen molar-refractivity contribution in [3.05, 3.63) is 29.8 Å². The summed E-state index contributed by atoms with van der Waals surface area (Å²) in [5, 5.41) is 8.94. The van der Waals surface area contributed by atoms with Crippen LogP contribution in [-0.2, 0) is 4.79 Å². The summed E-state index contributed by atoms with van der Waals surface area (Å²) in [6.07, 6.45) is 2.50. The molecule has 0 bridgehead atoms. The van der Waals surface area contributed by atoms with Crippen LogP contribution >= 0.6 is 0 Å². The first-order chi connectivity index (χ1) is 8.59. The minimum absolute atomic E-state index is 0.115. The Labute approximate surface area is 103 Å². The number of nitrogens with zero attached hydrogens (tertiary/aromatic N) is 2. The van der Waals surface area contributed by atoms with Gasteiger partial charge in [0.05, 0.1) is 5.92 Å². The molecule has 1 saturated heterocycles. The maximum Gasteiger partial charge on any atom is 0.308 e. The molecule has 1 fully saturated rings. The van der Waals surface area contributed by atoms with Crippen molar-refractivity contribution >= 4 is 11.9 Å². The second kappa shape index (κ2) is 5.12. The zero-order valence-corrected chi connectivity index (χ0v) is 9.67. The fraction of sp³-hybridized carbons (Fsp3) is 0.417. The van der Waals surface area contributed by atoms with Gasteiger partial charge in [0.2, 0.25) is 0 Å². The lowest BCUT2D eigenvalue weighted by Gasteiger charge is -2.30. The molecule has 0 spiro atoms. The van der Waals surface area contributed by atoms with E-state index in [0.717, 1.165) is 0 Å². The van der Waals surface area contributed by atoms with Gasteiger partial charge in [0, 0.05) is 19.3 Å². The third-order valence-electron chi connectivity index (χ3n) is 3.02. The van der Waals surface area contributed by atoms with Gasteiger partial charge in [-0.1, -0.05) is 0 Å². The van der Waals surface area contributed by atoms with E-state index in [4.69, 9.17) is 5.11 Å². The van der Waals surface area contributed by atoms with Crippen molar-refractivity contribution in [2.24, 2.45) is 5.92 Å². The van der Waals surface area contributed by atoms with E-state index in [0.29, 0.717) is 19.4 Å². The van der Waals surface area contributed by atoms with Gasteiger partial charge in [0.15, 0.2) is 11.5 Å². The Morgan fingerprint density at radius 3 is 2.94 bits per heavy atom. The molecule has 6 heteroatoms. The molecule has 1 aliphatic heterocycles. The summed E-state index contributed by atoms with van der Waals surface area (Å²) in [5.74, 6) is -2.72. The van der Waals surface area contributed by atoms with Crippen molar-refractivity contribution in [3.8, 4) is 0 Å². The number of piperidine rings is 1. The minimum atomic E-state index is -0.922. The Bertz CT molecular complexity index is 478. The summed E-state index contributed by atoms with van der Waals surface area (Å²) < 4.78 is 13.4. The molecule has 2 rings (SSSR count). The van der Waals surface area contributed by atoms with Gasteiger partial charge in [0.1, 0.15) is 0 Å². The van der Waals surface area contributed by atoms with Crippen molar-refractivity contribution in [2.45, 2.75) is 12.8 Å². The predicted molar refractivity (Wildman–Crippen MR) is 60.5 cm³/mol. The van der Waals surface area contributed by atoms with Gasteiger partial charge in [0.25, 0.3) is 5.91 Å². The standard InChI is InChI=1S/C12H13FN2O3/c13-9-4-1-5-14-10(9)11(16)15-6-2-3-8(7-15)12(17)18/h1,4-5,8H,2-3,6-7H2,(H,17,18). The number of aromatic nitrogens is 1. The van der Waals surface area contributed by atoms with Crippen LogP contribution in [0.4, 0.5) is 4.39 Å². The first-order valence-corrected chi connectivity index (χ1v) is 5.72. The van der Waals surface area contributed by atoms with Crippen molar-refractivity contribution < 1.29 is 19.1 Å². The monoisotopic (exact) mass is 252 g/mol. The highest BCUT2D eigenvalue weighted by molar-refractivity contribution is 5.92. The third kappa shape index (κ3) is 2.47. The van der Waals surface area contributed by atoms with E-state index >= 15 is 0 Å². The van der Waals surface area contributed by atoms with Crippen molar-refractivity contribution in [1.82, 2.24) is 9.88 Å². The Morgan fingerprint density at radius 1 is 1.50 bits per heavy atom. The lowest BCUT2D eigenvalue weighted by Crippen LogP contribution is -2.42. The van der Waals surface area contributed by atoms with E-state index in [9.17, 15) is 14.0 Å². The minimum Gasteiger partial charge on any atom is -0.481 e. The topological polar surface area (TPSA) is 70.5 Å². The molecular weight excluding hydrogens is 239 g/mol. The van der Waals surface area contributed by atoms with Gasteiger partial charge < -0.3 is 10.0 Å². The van der Waals surface area contributed by atoms with Crippen LogP contribution in [-0.4, -0.2) is 40.0 Å². The quantitative estimate of drug-likeness (QED) is 0.857. The number of amides is 1. The van der Waals surface area contributed by atoms with Crippen LogP contribution in [0.15, 0.2) is 18.3 Å². The molecule has 2 heterocycles. The van der Waals surface area contributed by atoms with Crippen molar-refractivity contribution in [1.29, 1.82) is 0 Å². The molecule has 1 aliphatic rings. The number of hydrogen-bond donors (Lipinski definition) is 1. The maximum atomic E-state index is 13.4. The second-order valence-electron chi connectivity index (χ2n) is 4.26. The van der Waals surface area contributed by atoms with Gasteiger partial charge in [-0.05, 0) is 25.0 Å². The summed E-state index contributed by atoms with van der Waals surface area (Å²) in [5.41, 5.74) is -0.247. The maximum absolute atomic E-state index is 13.4. The Balaban J connectivity index is 2.14. The molecule has 0 saturated carbocycles. The number of rotatable bonds is 2. The number of aliphatic carboxylic acids is 1. The van der Waals surface area contributed by atoms with Gasteiger partial charge >= 0.3 is 5.97 Å². The van der Waals surface area contributed by atoms with Crippen LogP contribution in [0.2, 0.25) is 0 Å². The van der Waals surface area contributed by atoms with Crippen LogP contribution in [0.1, 0.15) is 23.3 Å². The molecule has 1 atom stereocenters. The van der Waals surface area contributed by atoms with E-state index in [1.54, 1.807) is 0 Å². The fourth-order valence-corrected chi connectivity index (χ4v) is 2.06. The molecule has 18 heavy (non-hydrogen) atoms. The van der Waals surface area contributed by atoms with Crippen molar-refractivity contribution in [3.63, 3.8) is 0 Å². The zero-order valence-electron chi connectivity index (χ0n) is 9.67. The van der Waals surface area contributed by atoms with Gasteiger partial charge in [-0.25, -0.2) is 9.37 Å². The normalized spacial score (nSPS) is 19.6. The highest BCUT2D eigenvalue weighted by atomic mass is 19.1. The first-order valence-electron chi connectivity index (χ1n) is 5.72. The number of carboxylic acids is 1. The third-order valence-corrected chi connectivity index (χ3v) is 3.02. The van der Waals surface area contributed by atoms with Crippen LogP contribution in [0.25, 0.3) is 0 Å². The molecule has 1 amide bonds. The summed E-state index contributed by atoms with van der Waals surface area (Å²) >= 11 is 0. The summed E-state index contributed by atoms with van der Waals surface area (Å²) in [6, 6.07) is 2.57. The molecule has 5 nitrogen and oxygen atoms in total. The lowest BCUT2D eigenvalue weighted by molar-refractivity contribution is -0.143. The molecular formula is C12H13FN2O3. The summed E-state index contributed by atoms with van der Waals surface area (Å²) in [7, 11) is 0. The Kier molecular flexibility index (Phi) is 3.55. The van der Waals surface area contributed by atoms with E-state index < -0.39 is 23.6 Å². The molecule has 1 aromatic heterocycles. The highest BCUT2D eigenvalue weighted by Crippen LogP contribution is 2.19. The largest absolute Gasteiger partial charge is 0.481 e. The Morgan fingerprint density at radius 2 is 2.28 bits per heavy atom. The molecule has 1 N–H and O–H groups in total. The number of carbonyl (C=O) groups excluding carboxylic acids is 1. The number of likely N-dealkylation sites (tertiary alicyclic amines) is 1. The number of hydrogen-bond acceptors (Lipinski definition) is 3. The molecule has 0 aliphatic carbocycles. The molecule has 0 radical (unpaired) electrons. The number of pyridine rings is 1. The molecule has 1 unspecified atom stereocenters. The fourth-order valence-electron chi connectivity index (χ4n) is 2.06. The van der Waals surface area contributed by atoms with Gasteiger partial charge in [-0.3, -0.25) is 9.59 Å². The summed E-state index contributed by atoms with van der Waals surface area (Å²) in [4.78, 5) is 28.0. The molecule has 1 aromatic rings. The van der Waals surface area contributed by atoms with E-state index in [2.05, 4.69) is 4.98 Å². The number of halogens is 1. The van der Waals surface area contributed by atoms with Crippen LogP contribution < -0.4 is 0 Å². The lowest BCUT2D eigenvalue weighted by atomic mass is 9.98. The summed E-state index contributed by atoms with van der Waals surface area (Å²) in [6.45, 7) is 0.558. The van der Waals surface area contributed by atoms with E-state index in [-0.39, 0.29) is 12.2 Å². The van der Waals surface area contributed by atoms with Crippen molar-refractivity contribution in [2.75, 3.05) is 13.1 Å². The average Bonchev–Trinajstić information content (AvgIpc) is 2.38.